The van der Waals surface area contributed by atoms with Gasteiger partial charge in [-0.05, 0) is 32.3 Å². The summed E-state index contributed by atoms with van der Waals surface area (Å²) in [6.07, 6.45) is 2.88. The first-order chi connectivity index (χ1) is 9.67. The molecule has 0 saturated carbocycles. The Morgan fingerprint density at radius 2 is 2.15 bits per heavy atom. The summed E-state index contributed by atoms with van der Waals surface area (Å²) >= 11 is 0. The number of rotatable bonds is 3. The highest BCUT2D eigenvalue weighted by atomic mass is 16.5. The molecule has 2 aliphatic heterocycles. The van der Waals surface area contributed by atoms with E-state index in [1.165, 1.54) is 18.4 Å². The van der Waals surface area contributed by atoms with Gasteiger partial charge in [-0.25, -0.2) is 0 Å². The van der Waals surface area contributed by atoms with Gasteiger partial charge in [0, 0.05) is 32.3 Å². The number of nitrogens with zero attached hydrogens (tertiary/aromatic N) is 1. The van der Waals surface area contributed by atoms with Crippen molar-refractivity contribution >= 4 is 0 Å². The average molecular weight is 274 g/mol. The Morgan fingerprint density at radius 3 is 2.85 bits per heavy atom. The van der Waals surface area contributed by atoms with Crippen molar-refractivity contribution in [2.75, 3.05) is 26.2 Å². The van der Waals surface area contributed by atoms with Crippen LogP contribution in [0.3, 0.4) is 0 Å². The van der Waals surface area contributed by atoms with Gasteiger partial charge >= 0.3 is 0 Å². The van der Waals surface area contributed by atoms with E-state index in [4.69, 9.17) is 4.74 Å². The van der Waals surface area contributed by atoms with Gasteiger partial charge in [0.1, 0.15) is 0 Å². The van der Waals surface area contributed by atoms with Crippen LogP contribution in [0.5, 0.6) is 0 Å². The number of benzene rings is 1. The van der Waals surface area contributed by atoms with Gasteiger partial charge in [-0.15, -0.1) is 0 Å². The molecule has 1 N–H and O–H groups in total. The minimum absolute atomic E-state index is 0.0480. The van der Waals surface area contributed by atoms with Crippen molar-refractivity contribution in [2.45, 2.75) is 44.4 Å². The van der Waals surface area contributed by atoms with Crippen molar-refractivity contribution in [3.8, 4) is 0 Å². The molecule has 0 amide bonds. The number of ether oxygens (including phenoxy) is 1. The molecule has 2 saturated heterocycles. The van der Waals surface area contributed by atoms with Gasteiger partial charge in [-0.1, -0.05) is 30.3 Å². The monoisotopic (exact) mass is 274 g/mol. The van der Waals surface area contributed by atoms with E-state index >= 15 is 0 Å². The third-order valence-electron chi connectivity index (χ3n) is 4.80. The molecule has 2 heterocycles. The molecule has 0 radical (unpaired) electrons. The normalized spacial score (nSPS) is 35.3. The van der Waals surface area contributed by atoms with Crippen molar-refractivity contribution in [3.05, 3.63) is 35.9 Å². The van der Waals surface area contributed by atoms with E-state index < -0.39 is 0 Å². The summed E-state index contributed by atoms with van der Waals surface area (Å²) in [5.74, 6) is 0. The van der Waals surface area contributed by atoms with Gasteiger partial charge < -0.3 is 10.1 Å². The quantitative estimate of drug-likeness (QED) is 0.916. The second kappa shape index (κ2) is 5.84. The predicted octanol–water partition coefficient (Wildman–Crippen LogP) is 2.37. The Bertz CT molecular complexity index is 430. The lowest BCUT2D eigenvalue weighted by Gasteiger charge is -2.46. The first-order valence-corrected chi connectivity index (χ1v) is 7.83. The van der Waals surface area contributed by atoms with Gasteiger partial charge in [-0.3, -0.25) is 4.90 Å². The van der Waals surface area contributed by atoms with E-state index in [2.05, 4.69) is 54.4 Å². The Kier molecular flexibility index (Phi) is 4.11. The second-order valence-corrected chi connectivity index (χ2v) is 6.49. The molecule has 2 aliphatic rings. The van der Waals surface area contributed by atoms with E-state index in [0.717, 1.165) is 26.2 Å². The fraction of sp³-hybridized carbons (Fsp3) is 0.647. The van der Waals surface area contributed by atoms with E-state index in [9.17, 15) is 0 Å². The highest BCUT2D eigenvalue weighted by Crippen LogP contribution is 2.27. The van der Waals surface area contributed by atoms with Crippen LogP contribution in [0.15, 0.2) is 30.3 Å². The topological polar surface area (TPSA) is 24.5 Å². The van der Waals surface area contributed by atoms with E-state index in [1.807, 2.05) is 0 Å². The minimum Gasteiger partial charge on any atom is -0.377 e. The standard InChI is InChI=1S/C17H26N2O/c1-14-11-18-17(2,15-7-4-3-5-8-15)13-19(14)12-16-9-6-10-20-16/h3-5,7-8,14,16,18H,6,9-13H2,1-2H3. The fourth-order valence-electron chi connectivity index (χ4n) is 3.41. The molecule has 20 heavy (non-hydrogen) atoms. The van der Waals surface area contributed by atoms with E-state index in [0.29, 0.717) is 12.1 Å². The van der Waals surface area contributed by atoms with Gasteiger partial charge in [-0.2, -0.15) is 0 Å². The Labute approximate surface area is 122 Å². The van der Waals surface area contributed by atoms with Crippen LogP contribution in [0.25, 0.3) is 0 Å². The average Bonchev–Trinajstić information content (AvgIpc) is 2.97. The van der Waals surface area contributed by atoms with Gasteiger partial charge in [0.15, 0.2) is 0 Å². The van der Waals surface area contributed by atoms with Crippen molar-refractivity contribution in [3.63, 3.8) is 0 Å². The summed E-state index contributed by atoms with van der Waals surface area (Å²) < 4.78 is 5.82. The Morgan fingerprint density at radius 1 is 1.35 bits per heavy atom. The molecule has 1 aromatic rings. The van der Waals surface area contributed by atoms with Crippen molar-refractivity contribution < 1.29 is 4.74 Å². The zero-order chi connectivity index (χ0) is 14.0. The third kappa shape index (κ3) is 2.90. The lowest BCUT2D eigenvalue weighted by atomic mass is 9.88. The van der Waals surface area contributed by atoms with Crippen LogP contribution < -0.4 is 5.32 Å². The molecule has 0 aliphatic carbocycles. The van der Waals surface area contributed by atoms with Crippen LogP contribution in [-0.2, 0) is 10.3 Å². The number of hydrogen-bond acceptors (Lipinski definition) is 3. The van der Waals surface area contributed by atoms with Crippen LogP contribution in [0.2, 0.25) is 0 Å². The molecule has 0 aromatic heterocycles. The molecule has 0 bridgehead atoms. The maximum atomic E-state index is 5.82. The number of piperazine rings is 1. The molecule has 110 valence electrons. The largest absolute Gasteiger partial charge is 0.377 e. The smallest absolute Gasteiger partial charge is 0.0702 e. The molecule has 3 rings (SSSR count). The molecule has 2 fully saturated rings. The predicted molar refractivity (Wildman–Crippen MR) is 81.8 cm³/mol. The van der Waals surface area contributed by atoms with E-state index in [1.54, 1.807) is 0 Å². The number of nitrogens with one attached hydrogen (secondary N) is 1. The third-order valence-corrected chi connectivity index (χ3v) is 4.80. The van der Waals surface area contributed by atoms with Crippen LogP contribution in [-0.4, -0.2) is 43.3 Å². The van der Waals surface area contributed by atoms with Crippen LogP contribution in [0.1, 0.15) is 32.3 Å². The molecular weight excluding hydrogens is 248 g/mol. The molecule has 3 unspecified atom stereocenters. The number of hydrogen-bond donors (Lipinski definition) is 1. The summed E-state index contributed by atoms with van der Waals surface area (Å²) in [7, 11) is 0. The van der Waals surface area contributed by atoms with E-state index in [-0.39, 0.29) is 5.54 Å². The Balaban J connectivity index is 1.71. The molecular formula is C17H26N2O. The van der Waals surface area contributed by atoms with Gasteiger partial charge in [0.25, 0.3) is 0 Å². The zero-order valence-corrected chi connectivity index (χ0v) is 12.6. The SMILES string of the molecule is CC1CNC(C)(c2ccccc2)CN1CC1CCCO1. The fourth-order valence-corrected chi connectivity index (χ4v) is 3.41. The van der Waals surface area contributed by atoms with Crippen molar-refractivity contribution in [1.82, 2.24) is 10.2 Å². The molecule has 3 heteroatoms. The Hall–Kier alpha value is -0.900. The maximum Gasteiger partial charge on any atom is 0.0702 e. The molecule has 0 spiro atoms. The van der Waals surface area contributed by atoms with Crippen LogP contribution >= 0.6 is 0 Å². The first-order valence-electron chi connectivity index (χ1n) is 7.83. The highest BCUT2D eigenvalue weighted by molar-refractivity contribution is 5.25. The molecule has 3 atom stereocenters. The lowest BCUT2D eigenvalue weighted by molar-refractivity contribution is 0.0269. The van der Waals surface area contributed by atoms with Gasteiger partial charge in [0.2, 0.25) is 0 Å². The molecule has 3 nitrogen and oxygen atoms in total. The maximum absolute atomic E-state index is 5.82. The molecule has 1 aromatic carbocycles. The minimum atomic E-state index is 0.0480. The van der Waals surface area contributed by atoms with Crippen molar-refractivity contribution in [2.24, 2.45) is 0 Å². The summed E-state index contributed by atoms with van der Waals surface area (Å²) in [5.41, 5.74) is 1.43. The highest BCUT2D eigenvalue weighted by Gasteiger charge is 2.36. The zero-order valence-electron chi connectivity index (χ0n) is 12.6. The van der Waals surface area contributed by atoms with Gasteiger partial charge in [0.05, 0.1) is 11.6 Å². The summed E-state index contributed by atoms with van der Waals surface area (Å²) in [5, 5.41) is 3.73. The van der Waals surface area contributed by atoms with Crippen LogP contribution in [0, 0.1) is 0 Å². The van der Waals surface area contributed by atoms with Crippen LogP contribution in [0.4, 0.5) is 0 Å². The van der Waals surface area contributed by atoms with Crippen molar-refractivity contribution in [1.29, 1.82) is 0 Å². The summed E-state index contributed by atoms with van der Waals surface area (Å²) in [6.45, 7) is 8.74. The summed E-state index contributed by atoms with van der Waals surface area (Å²) in [4.78, 5) is 2.60. The lowest BCUT2D eigenvalue weighted by Crippen LogP contribution is -2.61. The first kappa shape index (κ1) is 14.1. The second-order valence-electron chi connectivity index (χ2n) is 6.49. The summed E-state index contributed by atoms with van der Waals surface area (Å²) in [6, 6.07) is 11.4.